The van der Waals surface area contributed by atoms with E-state index < -0.39 is 0 Å². The summed E-state index contributed by atoms with van der Waals surface area (Å²) in [6.07, 6.45) is 8.08. The number of nitrogens with one attached hydrogen (secondary N) is 2. The molecule has 2 aromatic heterocycles. The summed E-state index contributed by atoms with van der Waals surface area (Å²) in [6.45, 7) is 8.02. The molecule has 2 N–H and O–H groups in total. The van der Waals surface area contributed by atoms with Crippen molar-refractivity contribution in [1.29, 1.82) is 0 Å². The van der Waals surface area contributed by atoms with Crippen LogP contribution in [0.4, 0.5) is 0 Å². The number of hydrogen-bond acceptors (Lipinski definition) is 4. The van der Waals surface area contributed by atoms with Crippen LogP contribution >= 0.6 is 35.7 Å². The Morgan fingerprint density at radius 1 is 1.19 bits per heavy atom. The summed E-state index contributed by atoms with van der Waals surface area (Å²) in [5.74, 6) is 2.49. The van der Waals surface area contributed by atoms with E-state index >= 15 is 0 Å². The highest BCUT2D eigenvalue weighted by Gasteiger charge is 2.12. The van der Waals surface area contributed by atoms with Gasteiger partial charge < -0.3 is 19.8 Å². The number of aliphatic imine (C=N–C) groups is 1. The fourth-order valence-corrected chi connectivity index (χ4v) is 3.22. The van der Waals surface area contributed by atoms with Crippen LogP contribution in [0.1, 0.15) is 26.1 Å². The van der Waals surface area contributed by atoms with Gasteiger partial charge in [0.25, 0.3) is 0 Å². The Hall–Kier alpha value is -1.23. The molecule has 0 saturated heterocycles. The Kier molecular flexibility index (Phi) is 11.5. The molecule has 0 fully saturated rings. The fraction of sp³-hybridized carbons (Fsp3) is 0.611. The standard InChI is InChI=1S/C18H31N7S.HI/c1-15(2)14-25-16(22-23-18(25)26-4)8-7-9-20-17(19-3)21-10-13-24-11-5-6-12-24;/h5-6,11-12,15H,7-10,13-14H2,1-4H3,(H2,19,20,21);1H. The Balaban J connectivity index is 0.00000364. The molecule has 0 spiro atoms. The van der Waals surface area contributed by atoms with Crippen molar-refractivity contribution in [2.24, 2.45) is 10.9 Å². The molecular weight excluding hydrogens is 473 g/mol. The fourth-order valence-electron chi connectivity index (χ4n) is 2.70. The summed E-state index contributed by atoms with van der Waals surface area (Å²) in [6, 6.07) is 4.07. The van der Waals surface area contributed by atoms with Crippen LogP contribution in [0.15, 0.2) is 34.7 Å². The zero-order valence-corrected chi connectivity index (χ0v) is 19.8. The maximum absolute atomic E-state index is 4.37. The first kappa shape index (κ1) is 23.8. The van der Waals surface area contributed by atoms with E-state index in [2.05, 4.69) is 67.5 Å². The summed E-state index contributed by atoms with van der Waals surface area (Å²) in [4.78, 5) is 4.27. The van der Waals surface area contributed by atoms with Gasteiger partial charge >= 0.3 is 0 Å². The lowest BCUT2D eigenvalue weighted by Crippen LogP contribution is -2.39. The molecule has 7 nitrogen and oxygen atoms in total. The normalized spacial score (nSPS) is 11.5. The number of nitrogens with zero attached hydrogens (tertiary/aromatic N) is 5. The molecule has 2 heterocycles. The van der Waals surface area contributed by atoms with Gasteiger partial charge in [-0.05, 0) is 30.7 Å². The van der Waals surface area contributed by atoms with Crippen molar-refractivity contribution >= 4 is 41.7 Å². The zero-order valence-electron chi connectivity index (χ0n) is 16.7. The molecule has 152 valence electrons. The van der Waals surface area contributed by atoms with Crippen molar-refractivity contribution < 1.29 is 0 Å². The van der Waals surface area contributed by atoms with E-state index in [9.17, 15) is 0 Å². The van der Waals surface area contributed by atoms with Gasteiger partial charge in [0.15, 0.2) is 11.1 Å². The molecule has 0 aliphatic rings. The van der Waals surface area contributed by atoms with Crippen molar-refractivity contribution in [3.05, 3.63) is 30.4 Å². The van der Waals surface area contributed by atoms with Crippen molar-refractivity contribution in [1.82, 2.24) is 30.0 Å². The van der Waals surface area contributed by atoms with Crippen LogP contribution in [-0.4, -0.2) is 51.7 Å². The van der Waals surface area contributed by atoms with Gasteiger partial charge in [-0.2, -0.15) is 0 Å². The number of aryl methyl sites for hydroxylation is 1. The average Bonchev–Trinajstić information content (AvgIpc) is 3.26. The highest BCUT2D eigenvalue weighted by atomic mass is 127. The van der Waals surface area contributed by atoms with E-state index in [-0.39, 0.29) is 24.0 Å². The molecule has 0 radical (unpaired) electrons. The van der Waals surface area contributed by atoms with E-state index in [1.807, 2.05) is 12.1 Å². The van der Waals surface area contributed by atoms with Crippen LogP contribution in [0.3, 0.4) is 0 Å². The molecule has 2 aromatic rings. The monoisotopic (exact) mass is 505 g/mol. The predicted molar refractivity (Wildman–Crippen MR) is 124 cm³/mol. The van der Waals surface area contributed by atoms with Crippen molar-refractivity contribution in [2.45, 2.75) is 44.9 Å². The largest absolute Gasteiger partial charge is 0.356 e. The minimum absolute atomic E-state index is 0. The second-order valence-electron chi connectivity index (χ2n) is 6.56. The lowest BCUT2D eigenvalue weighted by Gasteiger charge is -2.13. The number of rotatable bonds is 10. The van der Waals surface area contributed by atoms with E-state index in [4.69, 9.17) is 0 Å². The minimum Gasteiger partial charge on any atom is -0.356 e. The Morgan fingerprint density at radius 3 is 2.52 bits per heavy atom. The van der Waals surface area contributed by atoms with Gasteiger partial charge in [-0.3, -0.25) is 4.99 Å². The van der Waals surface area contributed by atoms with Crippen molar-refractivity contribution in [3.63, 3.8) is 0 Å². The molecule has 2 rings (SSSR count). The summed E-state index contributed by atoms with van der Waals surface area (Å²) < 4.78 is 4.39. The summed E-state index contributed by atoms with van der Waals surface area (Å²) >= 11 is 1.66. The van der Waals surface area contributed by atoms with E-state index in [1.54, 1.807) is 18.8 Å². The lowest BCUT2D eigenvalue weighted by atomic mass is 10.2. The number of hydrogen-bond donors (Lipinski definition) is 2. The van der Waals surface area contributed by atoms with Crippen LogP contribution in [-0.2, 0) is 19.5 Å². The summed E-state index contributed by atoms with van der Waals surface area (Å²) in [5, 5.41) is 16.4. The topological polar surface area (TPSA) is 72.1 Å². The lowest BCUT2D eigenvalue weighted by molar-refractivity contribution is 0.477. The number of guanidine groups is 1. The van der Waals surface area contributed by atoms with Crippen LogP contribution < -0.4 is 10.6 Å². The molecular formula is C18H32IN7S. The van der Waals surface area contributed by atoms with Gasteiger partial charge in [-0.25, -0.2) is 0 Å². The van der Waals surface area contributed by atoms with E-state index in [1.165, 1.54) is 0 Å². The second-order valence-corrected chi connectivity index (χ2v) is 7.33. The van der Waals surface area contributed by atoms with Crippen LogP contribution in [0.5, 0.6) is 0 Å². The second kappa shape index (κ2) is 13.0. The average molecular weight is 505 g/mol. The number of halogens is 1. The van der Waals surface area contributed by atoms with Gasteiger partial charge in [-0.15, -0.1) is 34.2 Å². The summed E-state index contributed by atoms with van der Waals surface area (Å²) in [5.41, 5.74) is 0. The van der Waals surface area contributed by atoms with Crippen molar-refractivity contribution in [2.75, 3.05) is 26.4 Å². The third-order valence-corrected chi connectivity index (χ3v) is 4.61. The molecule has 0 unspecified atom stereocenters. The van der Waals surface area contributed by atoms with Gasteiger partial charge in [0, 0.05) is 52.0 Å². The third-order valence-electron chi connectivity index (χ3n) is 3.95. The molecule has 0 amide bonds. The molecule has 0 aromatic carbocycles. The SMILES string of the molecule is CN=C(NCCCc1nnc(SC)n1CC(C)C)NCCn1cccc1.I. The van der Waals surface area contributed by atoms with Gasteiger partial charge in [0.2, 0.25) is 0 Å². The molecule has 0 saturated carbocycles. The quantitative estimate of drug-likeness (QED) is 0.171. The molecule has 0 bridgehead atoms. The Labute approximate surface area is 183 Å². The van der Waals surface area contributed by atoms with Gasteiger partial charge in [0.05, 0.1) is 0 Å². The van der Waals surface area contributed by atoms with E-state index in [0.29, 0.717) is 5.92 Å². The highest BCUT2D eigenvalue weighted by molar-refractivity contribution is 14.0. The predicted octanol–water partition coefficient (Wildman–Crippen LogP) is 2.87. The molecule has 9 heteroatoms. The molecule has 27 heavy (non-hydrogen) atoms. The highest BCUT2D eigenvalue weighted by Crippen LogP contribution is 2.16. The summed E-state index contributed by atoms with van der Waals surface area (Å²) in [7, 11) is 1.80. The molecule has 0 atom stereocenters. The number of aromatic nitrogens is 4. The van der Waals surface area contributed by atoms with Crippen LogP contribution in [0.2, 0.25) is 0 Å². The molecule has 0 aliphatic carbocycles. The third kappa shape index (κ3) is 8.12. The van der Waals surface area contributed by atoms with Gasteiger partial charge in [0.1, 0.15) is 5.82 Å². The maximum atomic E-state index is 4.37. The first-order valence-corrected chi connectivity index (χ1v) is 10.4. The van der Waals surface area contributed by atoms with Crippen LogP contribution in [0, 0.1) is 5.92 Å². The van der Waals surface area contributed by atoms with E-state index in [0.717, 1.165) is 56.0 Å². The smallest absolute Gasteiger partial charge is 0.191 e. The Morgan fingerprint density at radius 2 is 1.89 bits per heavy atom. The zero-order chi connectivity index (χ0) is 18.8. The molecule has 0 aliphatic heterocycles. The minimum atomic E-state index is 0. The van der Waals surface area contributed by atoms with Crippen LogP contribution in [0.25, 0.3) is 0 Å². The van der Waals surface area contributed by atoms with Gasteiger partial charge in [-0.1, -0.05) is 25.6 Å². The Bertz CT molecular complexity index is 667. The first-order valence-electron chi connectivity index (χ1n) is 9.15. The van der Waals surface area contributed by atoms with Crippen molar-refractivity contribution in [3.8, 4) is 0 Å². The number of thioether (sulfide) groups is 1. The first-order chi connectivity index (χ1) is 12.6. The maximum Gasteiger partial charge on any atom is 0.191 e.